The molecular formula is C23H24N2O3S. The van der Waals surface area contributed by atoms with Crippen LogP contribution in [-0.4, -0.2) is 35.0 Å². The highest BCUT2D eigenvalue weighted by atomic mass is 32.1. The van der Waals surface area contributed by atoms with Gasteiger partial charge in [0.05, 0.1) is 6.10 Å². The number of rotatable bonds is 8. The van der Waals surface area contributed by atoms with Crippen molar-refractivity contribution >= 4 is 17.2 Å². The Labute approximate surface area is 174 Å². The third kappa shape index (κ3) is 5.43. The molecule has 1 aliphatic heterocycles. The molecular weight excluding hydrogens is 384 g/mol. The summed E-state index contributed by atoms with van der Waals surface area (Å²) in [7, 11) is 0. The number of amides is 1. The molecule has 2 aromatic heterocycles. The van der Waals surface area contributed by atoms with Gasteiger partial charge in [-0.3, -0.25) is 9.78 Å². The molecule has 1 saturated heterocycles. The lowest BCUT2D eigenvalue weighted by molar-refractivity contribution is 0.0507. The van der Waals surface area contributed by atoms with Crippen LogP contribution in [0.1, 0.15) is 34.3 Å². The van der Waals surface area contributed by atoms with Crippen LogP contribution in [0, 0.1) is 0 Å². The molecule has 5 nitrogen and oxygen atoms in total. The number of ether oxygens (including phenoxy) is 2. The number of thiophene rings is 1. The van der Waals surface area contributed by atoms with Gasteiger partial charge in [0.1, 0.15) is 12.4 Å². The maximum atomic E-state index is 13.1. The lowest BCUT2D eigenvalue weighted by Crippen LogP contribution is -2.37. The minimum Gasteiger partial charge on any atom is -0.489 e. The first-order chi connectivity index (χ1) is 14.3. The van der Waals surface area contributed by atoms with Gasteiger partial charge in [-0.25, -0.2) is 0 Å². The fourth-order valence-electron chi connectivity index (χ4n) is 3.43. The van der Waals surface area contributed by atoms with Crippen molar-refractivity contribution in [3.05, 3.63) is 82.3 Å². The van der Waals surface area contributed by atoms with Crippen molar-refractivity contribution in [1.29, 1.82) is 0 Å². The summed E-state index contributed by atoms with van der Waals surface area (Å²) >= 11 is 1.66. The summed E-state index contributed by atoms with van der Waals surface area (Å²) in [5.74, 6) is 0.801. The third-order valence-corrected chi connectivity index (χ3v) is 5.65. The second-order valence-corrected chi connectivity index (χ2v) is 7.90. The Balaban J connectivity index is 1.47. The van der Waals surface area contributed by atoms with E-state index < -0.39 is 0 Å². The van der Waals surface area contributed by atoms with Crippen molar-refractivity contribution in [3.63, 3.8) is 0 Å². The highest BCUT2D eigenvalue weighted by Gasteiger charge is 2.23. The number of hydrogen-bond donors (Lipinski definition) is 0. The first kappa shape index (κ1) is 19.6. The SMILES string of the molecule is O=C(c1ccncc1)N(Cc1cccc(OCc2ccsc2)c1)CC1CCCO1. The van der Waals surface area contributed by atoms with E-state index in [1.165, 1.54) is 0 Å². The maximum absolute atomic E-state index is 13.1. The summed E-state index contributed by atoms with van der Waals surface area (Å²) in [5, 5.41) is 4.13. The van der Waals surface area contributed by atoms with Crippen molar-refractivity contribution < 1.29 is 14.3 Å². The summed E-state index contributed by atoms with van der Waals surface area (Å²) in [6.45, 7) is 2.41. The van der Waals surface area contributed by atoms with Gasteiger partial charge in [-0.1, -0.05) is 12.1 Å². The molecule has 150 valence electrons. The van der Waals surface area contributed by atoms with E-state index in [9.17, 15) is 4.79 Å². The topological polar surface area (TPSA) is 51.7 Å². The zero-order valence-electron chi connectivity index (χ0n) is 16.2. The number of carbonyl (C=O) groups excluding carboxylic acids is 1. The Morgan fingerprint density at radius 2 is 2.10 bits per heavy atom. The molecule has 3 aromatic rings. The fraction of sp³-hybridized carbons (Fsp3) is 0.304. The molecule has 4 rings (SSSR count). The molecule has 0 radical (unpaired) electrons. The molecule has 0 bridgehead atoms. The van der Waals surface area contributed by atoms with Gasteiger partial charge in [-0.15, -0.1) is 0 Å². The smallest absolute Gasteiger partial charge is 0.254 e. The Morgan fingerprint density at radius 1 is 1.21 bits per heavy atom. The van der Waals surface area contributed by atoms with E-state index >= 15 is 0 Å². The average Bonchev–Trinajstić information content (AvgIpc) is 3.46. The highest BCUT2D eigenvalue weighted by molar-refractivity contribution is 7.07. The molecule has 0 N–H and O–H groups in total. The molecule has 0 saturated carbocycles. The second kappa shape index (κ2) is 9.67. The summed E-state index contributed by atoms with van der Waals surface area (Å²) in [4.78, 5) is 19.0. The van der Waals surface area contributed by atoms with Crippen molar-refractivity contribution in [2.75, 3.05) is 13.2 Å². The maximum Gasteiger partial charge on any atom is 0.254 e. The molecule has 0 aliphatic carbocycles. The van der Waals surface area contributed by atoms with E-state index in [-0.39, 0.29) is 12.0 Å². The van der Waals surface area contributed by atoms with E-state index in [0.717, 1.165) is 36.3 Å². The van der Waals surface area contributed by atoms with Crippen LogP contribution in [0.15, 0.2) is 65.6 Å². The minimum absolute atomic E-state index is 0.00695. The van der Waals surface area contributed by atoms with Gasteiger partial charge in [-0.05, 0) is 65.1 Å². The fourth-order valence-corrected chi connectivity index (χ4v) is 4.08. The van der Waals surface area contributed by atoms with Crippen LogP contribution in [0.5, 0.6) is 5.75 Å². The molecule has 1 aliphatic rings. The van der Waals surface area contributed by atoms with Crippen molar-refractivity contribution in [2.45, 2.75) is 32.1 Å². The molecule has 6 heteroatoms. The Morgan fingerprint density at radius 3 is 2.86 bits per heavy atom. The predicted octanol–water partition coefficient (Wildman–Crippen LogP) is 4.54. The van der Waals surface area contributed by atoms with Gasteiger partial charge in [0.15, 0.2) is 0 Å². The van der Waals surface area contributed by atoms with Crippen molar-refractivity contribution in [3.8, 4) is 5.75 Å². The van der Waals surface area contributed by atoms with Gasteiger partial charge in [-0.2, -0.15) is 11.3 Å². The second-order valence-electron chi connectivity index (χ2n) is 7.12. The largest absolute Gasteiger partial charge is 0.489 e. The number of nitrogens with zero attached hydrogens (tertiary/aromatic N) is 2. The summed E-state index contributed by atoms with van der Waals surface area (Å²) in [5.41, 5.74) is 2.84. The standard InChI is InChI=1S/C23H24N2O3S/c26-23(20-6-9-24-10-7-20)25(15-22-5-2-11-27-22)14-18-3-1-4-21(13-18)28-16-19-8-12-29-17-19/h1,3-4,6-10,12-13,17,22H,2,5,11,14-16H2. The van der Waals surface area contributed by atoms with Gasteiger partial charge >= 0.3 is 0 Å². The first-order valence-electron chi connectivity index (χ1n) is 9.81. The quantitative estimate of drug-likeness (QED) is 0.549. The molecule has 29 heavy (non-hydrogen) atoms. The average molecular weight is 409 g/mol. The zero-order chi connectivity index (χ0) is 19.9. The zero-order valence-corrected chi connectivity index (χ0v) is 17.0. The lowest BCUT2D eigenvalue weighted by Gasteiger charge is -2.26. The molecule has 1 aromatic carbocycles. The van der Waals surface area contributed by atoms with Gasteiger partial charge in [0.25, 0.3) is 5.91 Å². The number of benzene rings is 1. The van der Waals surface area contributed by atoms with Crippen LogP contribution in [0.25, 0.3) is 0 Å². The molecule has 3 heterocycles. The number of pyridine rings is 1. The summed E-state index contributed by atoms with van der Waals surface area (Å²) in [6, 6.07) is 13.5. The van der Waals surface area contributed by atoms with Gasteiger partial charge in [0, 0.05) is 37.7 Å². The van der Waals surface area contributed by atoms with E-state index in [0.29, 0.717) is 25.3 Å². The Hall–Kier alpha value is -2.70. The monoisotopic (exact) mass is 408 g/mol. The van der Waals surface area contributed by atoms with E-state index in [1.54, 1.807) is 35.9 Å². The van der Waals surface area contributed by atoms with E-state index in [1.807, 2.05) is 34.5 Å². The summed E-state index contributed by atoms with van der Waals surface area (Å²) < 4.78 is 11.7. The van der Waals surface area contributed by atoms with Gasteiger partial charge in [0.2, 0.25) is 0 Å². The van der Waals surface area contributed by atoms with Crippen LogP contribution in [0.2, 0.25) is 0 Å². The third-order valence-electron chi connectivity index (χ3n) is 4.92. The number of carbonyl (C=O) groups is 1. The van der Waals surface area contributed by atoms with Crippen LogP contribution < -0.4 is 4.74 Å². The normalized spacial score (nSPS) is 15.9. The first-order valence-corrected chi connectivity index (χ1v) is 10.8. The Kier molecular flexibility index (Phi) is 6.54. The van der Waals surface area contributed by atoms with Gasteiger partial charge < -0.3 is 14.4 Å². The lowest BCUT2D eigenvalue weighted by atomic mass is 10.1. The predicted molar refractivity (Wildman–Crippen MR) is 113 cm³/mol. The highest BCUT2D eigenvalue weighted by Crippen LogP contribution is 2.20. The molecule has 1 amide bonds. The summed E-state index contributed by atoms with van der Waals surface area (Å²) in [6.07, 6.45) is 5.43. The van der Waals surface area contributed by atoms with Crippen molar-refractivity contribution in [2.24, 2.45) is 0 Å². The molecule has 1 fully saturated rings. The number of aromatic nitrogens is 1. The van der Waals surface area contributed by atoms with Crippen molar-refractivity contribution in [1.82, 2.24) is 9.88 Å². The minimum atomic E-state index is -0.00695. The van der Waals surface area contributed by atoms with E-state index in [2.05, 4.69) is 16.4 Å². The van der Waals surface area contributed by atoms with Crippen LogP contribution >= 0.6 is 11.3 Å². The number of hydrogen-bond acceptors (Lipinski definition) is 5. The molecule has 1 atom stereocenters. The van der Waals surface area contributed by atoms with Crippen LogP contribution in [0.4, 0.5) is 0 Å². The molecule has 1 unspecified atom stereocenters. The van der Waals surface area contributed by atoms with Crippen LogP contribution in [-0.2, 0) is 17.9 Å². The van der Waals surface area contributed by atoms with Crippen LogP contribution in [0.3, 0.4) is 0 Å². The molecule has 0 spiro atoms. The Bertz CT molecular complexity index is 909. The van der Waals surface area contributed by atoms with E-state index in [4.69, 9.17) is 9.47 Å².